The second-order valence-corrected chi connectivity index (χ2v) is 8.16. The Morgan fingerprint density at radius 1 is 1.37 bits per heavy atom. The molecule has 27 heavy (non-hydrogen) atoms. The number of hydrogen-bond acceptors (Lipinski definition) is 4. The van der Waals surface area contributed by atoms with Crippen LogP contribution in [0.5, 0.6) is 0 Å². The Bertz CT molecular complexity index is 864. The molecule has 0 spiro atoms. The maximum atomic E-state index is 12.7. The smallest absolute Gasteiger partial charge is 0.257 e. The van der Waals surface area contributed by atoms with Crippen LogP contribution in [0, 0.1) is 12.8 Å². The summed E-state index contributed by atoms with van der Waals surface area (Å²) in [4.78, 5) is 30.0. The first-order valence-electron chi connectivity index (χ1n) is 9.57. The highest BCUT2D eigenvalue weighted by Gasteiger charge is 2.28. The number of rotatable bonds is 6. The molecule has 3 rings (SSSR count). The van der Waals surface area contributed by atoms with Gasteiger partial charge in [0.15, 0.2) is 5.16 Å². The summed E-state index contributed by atoms with van der Waals surface area (Å²) in [6.45, 7) is 6.30. The lowest BCUT2D eigenvalue weighted by atomic mass is 10.0. The Kier molecular flexibility index (Phi) is 6.37. The normalized spacial score (nSPS) is 17.2. The van der Waals surface area contributed by atoms with Crippen molar-refractivity contribution in [3.63, 3.8) is 0 Å². The number of aryl methyl sites for hydroxylation is 2. The maximum Gasteiger partial charge on any atom is 0.257 e. The molecule has 5 nitrogen and oxygen atoms in total. The highest BCUT2D eigenvalue weighted by molar-refractivity contribution is 7.99. The van der Waals surface area contributed by atoms with Crippen LogP contribution in [0.15, 0.2) is 40.3 Å². The molecule has 0 bridgehead atoms. The van der Waals surface area contributed by atoms with E-state index in [1.807, 2.05) is 39.0 Å². The second kappa shape index (κ2) is 8.74. The van der Waals surface area contributed by atoms with Crippen molar-refractivity contribution >= 4 is 17.7 Å². The van der Waals surface area contributed by atoms with E-state index >= 15 is 0 Å². The number of carbonyl (C=O) groups is 1. The maximum absolute atomic E-state index is 12.7. The lowest BCUT2D eigenvalue weighted by Gasteiger charge is -2.26. The third kappa shape index (κ3) is 4.61. The van der Waals surface area contributed by atoms with Crippen LogP contribution in [-0.2, 0) is 24.2 Å². The van der Waals surface area contributed by atoms with Crippen molar-refractivity contribution in [1.82, 2.24) is 14.9 Å². The van der Waals surface area contributed by atoms with E-state index in [4.69, 9.17) is 0 Å². The largest absolute Gasteiger partial charge is 0.353 e. The Balaban J connectivity index is 1.61. The fourth-order valence-corrected chi connectivity index (χ4v) is 4.54. The van der Waals surface area contributed by atoms with Gasteiger partial charge in [-0.3, -0.25) is 14.2 Å². The number of aromatic nitrogens is 2. The van der Waals surface area contributed by atoms with Crippen LogP contribution in [-0.4, -0.2) is 27.3 Å². The van der Waals surface area contributed by atoms with Crippen molar-refractivity contribution in [3.05, 3.63) is 57.5 Å². The van der Waals surface area contributed by atoms with Gasteiger partial charge in [0, 0.05) is 29.6 Å². The highest BCUT2D eigenvalue weighted by Crippen LogP contribution is 2.26. The first-order chi connectivity index (χ1) is 13.0. The summed E-state index contributed by atoms with van der Waals surface area (Å²) in [5, 5.41) is 3.85. The van der Waals surface area contributed by atoms with Crippen LogP contribution in [0.3, 0.4) is 0 Å². The topological polar surface area (TPSA) is 64.0 Å². The van der Waals surface area contributed by atoms with Crippen LogP contribution < -0.4 is 10.9 Å². The van der Waals surface area contributed by atoms with Gasteiger partial charge in [0.25, 0.3) is 5.56 Å². The van der Waals surface area contributed by atoms with E-state index in [0.29, 0.717) is 18.7 Å². The zero-order valence-corrected chi connectivity index (χ0v) is 17.0. The van der Waals surface area contributed by atoms with Gasteiger partial charge < -0.3 is 5.32 Å². The number of benzene rings is 1. The summed E-state index contributed by atoms with van der Waals surface area (Å²) in [7, 11) is 0. The van der Waals surface area contributed by atoms with Gasteiger partial charge in [-0.2, -0.15) is 0 Å². The van der Waals surface area contributed by atoms with E-state index in [1.54, 1.807) is 4.57 Å². The van der Waals surface area contributed by atoms with Crippen molar-refractivity contribution < 1.29 is 4.79 Å². The molecule has 2 atom stereocenters. The SMILES string of the molecule is CCc1c(C)nc2n(c1=O)CC(C(=O)NC(C)CCc1ccccc1)CS2. The highest BCUT2D eigenvalue weighted by atomic mass is 32.2. The fraction of sp³-hybridized carbons (Fsp3) is 0.476. The van der Waals surface area contributed by atoms with Crippen LogP contribution in [0.1, 0.15) is 37.1 Å². The summed E-state index contributed by atoms with van der Waals surface area (Å²) in [6.07, 6.45) is 2.50. The van der Waals surface area contributed by atoms with E-state index in [-0.39, 0.29) is 23.4 Å². The number of nitrogens with zero attached hydrogens (tertiary/aromatic N) is 2. The molecule has 2 aromatic rings. The van der Waals surface area contributed by atoms with E-state index in [9.17, 15) is 9.59 Å². The summed E-state index contributed by atoms with van der Waals surface area (Å²) in [5.41, 5.74) is 2.83. The number of hydrogen-bond donors (Lipinski definition) is 1. The van der Waals surface area contributed by atoms with E-state index in [0.717, 1.165) is 29.3 Å². The lowest BCUT2D eigenvalue weighted by molar-refractivity contribution is -0.125. The van der Waals surface area contributed by atoms with Crippen LogP contribution in [0.25, 0.3) is 0 Å². The Labute approximate surface area is 164 Å². The third-order valence-corrected chi connectivity index (χ3v) is 6.21. The molecule has 0 fully saturated rings. The fourth-order valence-electron chi connectivity index (χ4n) is 3.42. The van der Waals surface area contributed by atoms with Crippen LogP contribution >= 0.6 is 11.8 Å². The number of amides is 1. The standard InChI is InChI=1S/C21H27N3O2S/c1-4-18-15(3)23-21-24(20(18)26)12-17(13-27-21)19(25)22-14(2)10-11-16-8-6-5-7-9-16/h5-9,14,17H,4,10-13H2,1-3H3,(H,22,25). The van der Waals surface area contributed by atoms with Crippen molar-refractivity contribution in [2.45, 2.75) is 57.8 Å². The first-order valence-corrected chi connectivity index (χ1v) is 10.6. The predicted molar refractivity (Wildman–Crippen MR) is 109 cm³/mol. The molecule has 1 N–H and O–H groups in total. The Hall–Kier alpha value is -2.08. The van der Waals surface area contributed by atoms with Gasteiger partial charge in [-0.05, 0) is 38.7 Å². The van der Waals surface area contributed by atoms with Crippen molar-refractivity contribution in [2.24, 2.45) is 5.92 Å². The van der Waals surface area contributed by atoms with Crippen molar-refractivity contribution in [1.29, 1.82) is 0 Å². The molecule has 1 amide bonds. The molecule has 6 heteroatoms. The average molecular weight is 386 g/mol. The van der Waals surface area contributed by atoms with Crippen LogP contribution in [0.4, 0.5) is 0 Å². The third-order valence-electron chi connectivity index (χ3n) is 5.07. The van der Waals surface area contributed by atoms with E-state index in [2.05, 4.69) is 22.4 Å². The predicted octanol–water partition coefficient (Wildman–Crippen LogP) is 2.97. The molecule has 1 aromatic carbocycles. The monoisotopic (exact) mass is 385 g/mol. The van der Waals surface area contributed by atoms with Gasteiger partial charge in [-0.25, -0.2) is 4.98 Å². The zero-order chi connectivity index (χ0) is 19.4. The molecule has 1 aromatic heterocycles. The average Bonchev–Trinajstić information content (AvgIpc) is 2.67. The molecule has 0 saturated heterocycles. The van der Waals surface area contributed by atoms with Gasteiger partial charge in [0.05, 0.1) is 5.92 Å². The molecule has 0 radical (unpaired) electrons. The second-order valence-electron chi connectivity index (χ2n) is 7.17. The van der Waals surface area contributed by atoms with E-state index in [1.165, 1.54) is 17.3 Å². The summed E-state index contributed by atoms with van der Waals surface area (Å²) < 4.78 is 1.68. The summed E-state index contributed by atoms with van der Waals surface area (Å²) in [6, 6.07) is 10.4. The summed E-state index contributed by atoms with van der Waals surface area (Å²) in [5.74, 6) is 0.488. The molecule has 144 valence electrons. The molecule has 2 unspecified atom stereocenters. The van der Waals surface area contributed by atoms with E-state index < -0.39 is 0 Å². The van der Waals surface area contributed by atoms with Gasteiger partial charge in [-0.15, -0.1) is 0 Å². The lowest BCUT2D eigenvalue weighted by Crippen LogP contribution is -2.43. The molecule has 1 aliphatic heterocycles. The van der Waals surface area contributed by atoms with Crippen LogP contribution in [0.2, 0.25) is 0 Å². The number of fused-ring (bicyclic) bond motifs is 1. The Morgan fingerprint density at radius 2 is 2.11 bits per heavy atom. The van der Waals surface area contributed by atoms with Gasteiger partial charge in [0.2, 0.25) is 5.91 Å². The molecule has 1 aliphatic rings. The number of thioether (sulfide) groups is 1. The minimum absolute atomic E-state index is 0.00197. The number of nitrogens with one attached hydrogen (secondary N) is 1. The number of carbonyl (C=O) groups excluding carboxylic acids is 1. The zero-order valence-electron chi connectivity index (χ0n) is 16.2. The molecule has 2 heterocycles. The molecule has 0 aliphatic carbocycles. The van der Waals surface area contributed by atoms with Crippen molar-refractivity contribution in [3.8, 4) is 0 Å². The van der Waals surface area contributed by atoms with Crippen molar-refractivity contribution in [2.75, 3.05) is 5.75 Å². The molecular weight excluding hydrogens is 358 g/mol. The first kappa shape index (κ1) is 19.7. The molecule has 0 saturated carbocycles. The summed E-state index contributed by atoms with van der Waals surface area (Å²) >= 11 is 1.50. The minimum atomic E-state index is -0.200. The van der Waals surface area contributed by atoms with Gasteiger partial charge in [-0.1, -0.05) is 49.0 Å². The quantitative estimate of drug-likeness (QED) is 0.777. The minimum Gasteiger partial charge on any atom is -0.353 e. The van der Waals surface area contributed by atoms with Gasteiger partial charge in [0.1, 0.15) is 0 Å². The Morgan fingerprint density at radius 3 is 2.81 bits per heavy atom. The molecular formula is C21H27N3O2S. The van der Waals surface area contributed by atoms with Gasteiger partial charge >= 0.3 is 0 Å².